The van der Waals surface area contributed by atoms with E-state index in [4.69, 9.17) is 4.65 Å². The Morgan fingerprint density at radius 3 is 2.27 bits per heavy atom. The van der Waals surface area contributed by atoms with Crippen LogP contribution in [0.3, 0.4) is 0 Å². The Bertz CT molecular complexity index is 1520. The van der Waals surface area contributed by atoms with Gasteiger partial charge < -0.3 is 14.8 Å². The number of para-hydroxylation sites is 1. The van der Waals surface area contributed by atoms with Gasteiger partial charge in [0.05, 0.1) is 34.8 Å². The Balaban J connectivity index is 1.49. The molecule has 2 amide bonds. The molecule has 1 aliphatic carbocycles. The molecule has 0 spiro atoms. The maximum atomic E-state index is 13.9. The van der Waals surface area contributed by atoms with Crippen LogP contribution in [0.2, 0.25) is 6.32 Å². The molecule has 0 saturated carbocycles. The number of aromatic hydroxyl groups is 1. The van der Waals surface area contributed by atoms with Gasteiger partial charge in [0.1, 0.15) is 5.75 Å². The number of halogens is 6. The molecule has 2 N–H and O–H groups in total. The fourth-order valence-corrected chi connectivity index (χ4v) is 6.93. The summed E-state index contributed by atoms with van der Waals surface area (Å²) in [6, 6.07) is 7.56. The van der Waals surface area contributed by atoms with Crippen LogP contribution in [-0.4, -0.2) is 35.2 Å². The number of carbonyl (C=O) groups excluding carboxylic acids is 2. The quantitative estimate of drug-likeness (QED) is 0.143. The lowest BCUT2D eigenvalue weighted by molar-refractivity contribution is -0.143. The first kappa shape index (κ1) is 32.8. The number of alkyl halides is 6. The topological polar surface area (TPSA) is 87.1 Å². The third-order valence-electron chi connectivity index (χ3n) is 8.83. The first-order chi connectivity index (χ1) is 21.1. The van der Waals surface area contributed by atoms with Gasteiger partial charge in [0.15, 0.2) is 0 Å². The highest BCUT2D eigenvalue weighted by atomic mass is 19.4. The normalized spacial score (nSPS) is 24.3. The van der Waals surface area contributed by atoms with Crippen molar-refractivity contribution < 1.29 is 50.7 Å². The summed E-state index contributed by atoms with van der Waals surface area (Å²) in [7, 11) is -1.30. The van der Waals surface area contributed by atoms with Crippen molar-refractivity contribution in [3.8, 4) is 5.75 Å². The Morgan fingerprint density at radius 2 is 1.67 bits per heavy atom. The predicted octanol–water partition coefficient (Wildman–Crippen LogP) is 7.42. The number of phenols is 1. The monoisotopic (exact) mass is 635 g/mol. The zero-order chi connectivity index (χ0) is 32.8. The SMILES string of the molecule is CCCC1=C2[C@@H](CC/C(C)=C/c3ccccc3O)OB(O)C[C@@H]2[C@@H]2C(=O)N(c3cc(C(F)(F)F)cc(C(F)(F)F)c3)C(=O)[C@@H]2C1. The van der Waals surface area contributed by atoms with E-state index in [1.807, 2.05) is 19.9 Å². The molecular formula is C32H32BF6NO5. The second-order valence-corrected chi connectivity index (χ2v) is 11.9. The second-order valence-electron chi connectivity index (χ2n) is 11.9. The van der Waals surface area contributed by atoms with Gasteiger partial charge in [-0.2, -0.15) is 26.3 Å². The molecule has 2 saturated heterocycles. The van der Waals surface area contributed by atoms with Crippen molar-refractivity contribution in [3.63, 3.8) is 0 Å². The summed E-state index contributed by atoms with van der Waals surface area (Å²) >= 11 is 0. The van der Waals surface area contributed by atoms with Crippen LogP contribution >= 0.6 is 0 Å². The molecule has 13 heteroatoms. The lowest BCUT2D eigenvalue weighted by atomic mass is 9.58. The number of allylic oxidation sites excluding steroid dienone is 2. The number of benzene rings is 2. The molecular weight excluding hydrogens is 603 g/mol. The standard InChI is InChI=1S/C32H32BF6NO5/c1-3-6-19-12-23-28(30(43)40(29(23)42)22-14-20(31(34,35)36)13-21(15-22)32(37,38)39)24-16-33(44)45-26(27(19)24)10-9-17(2)11-18-7-4-5-8-25(18)41/h4-5,7-8,11,13-15,23-24,26,28,41,44H,3,6,9-10,12,16H2,1-2H3/b17-11+/t23-,24+,26-,28-/m1/s1. The van der Waals surface area contributed by atoms with Crippen molar-refractivity contribution in [2.24, 2.45) is 17.8 Å². The largest absolute Gasteiger partial charge is 0.507 e. The fraction of sp³-hybridized carbons (Fsp3) is 0.438. The third-order valence-corrected chi connectivity index (χ3v) is 8.83. The number of hydrogen-bond donors (Lipinski definition) is 2. The molecule has 2 heterocycles. The van der Waals surface area contributed by atoms with E-state index in [0.29, 0.717) is 48.3 Å². The maximum absolute atomic E-state index is 13.9. The molecule has 4 atom stereocenters. The zero-order valence-electron chi connectivity index (χ0n) is 24.6. The highest BCUT2D eigenvalue weighted by Gasteiger charge is 2.58. The summed E-state index contributed by atoms with van der Waals surface area (Å²) in [6.45, 7) is 3.80. The summed E-state index contributed by atoms with van der Waals surface area (Å²) < 4.78 is 87.6. The predicted molar refractivity (Wildman–Crippen MR) is 155 cm³/mol. The van der Waals surface area contributed by atoms with Crippen molar-refractivity contribution >= 4 is 30.7 Å². The van der Waals surface area contributed by atoms with Crippen molar-refractivity contribution in [2.45, 2.75) is 70.7 Å². The average molecular weight is 635 g/mol. The maximum Gasteiger partial charge on any atom is 0.455 e. The summed E-state index contributed by atoms with van der Waals surface area (Å²) in [6.07, 6.45) is -6.92. The fourth-order valence-electron chi connectivity index (χ4n) is 6.93. The van der Waals surface area contributed by atoms with Gasteiger partial charge in [-0.05, 0) is 74.7 Å². The van der Waals surface area contributed by atoms with Crippen LogP contribution in [-0.2, 0) is 26.6 Å². The van der Waals surface area contributed by atoms with Gasteiger partial charge in [0, 0.05) is 5.56 Å². The molecule has 0 bridgehead atoms. The molecule has 6 nitrogen and oxygen atoms in total. The van der Waals surface area contributed by atoms with Crippen LogP contribution in [0.1, 0.15) is 62.6 Å². The first-order valence-corrected chi connectivity index (χ1v) is 14.8. The van der Waals surface area contributed by atoms with E-state index in [-0.39, 0.29) is 24.6 Å². The summed E-state index contributed by atoms with van der Waals surface area (Å²) in [5.74, 6) is -4.38. The summed E-state index contributed by atoms with van der Waals surface area (Å²) in [5.41, 5.74) is -0.875. The van der Waals surface area contributed by atoms with Crippen LogP contribution < -0.4 is 4.90 Å². The van der Waals surface area contributed by atoms with Gasteiger partial charge >= 0.3 is 19.5 Å². The van der Waals surface area contributed by atoms with E-state index in [9.17, 15) is 46.1 Å². The minimum atomic E-state index is -5.15. The number of nitrogens with zero attached hydrogens (tertiary/aromatic N) is 1. The van der Waals surface area contributed by atoms with Gasteiger partial charge in [-0.15, -0.1) is 0 Å². The van der Waals surface area contributed by atoms with E-state index in [0.717, 1.165) is 16.7 Å². The van der Waals surface area contributed by atoms with Crippen molar-refractivity contribution in [1.29, 1.82) is 0 Å². The smallest absolute Gasteiger partial charge is 0.455 e. The highest BCUT2D eigenvalue weighted by Crippen LogP contribution is 2.52. The van der Waals surface area contributed by atoms with Gasteiger partial charge in [-0.25, -0.2) is 4.90 Å². The van der Waals surface area contributed by atoms with E-state index in [1.165, 1.54) is 0 Å². The Morgan fingerprint density at radius 1 is 1.02 bits per heavy atom. The van der Waals surface area contributed by atoms with Crippen molar-refractivity contribution in [3.05, 3.63) is 75.9 Å². The minimum Gasteiger partial charge on any atom is -0.507 e. The number of hydrogen-bond acceptors (Lipinski definition) is 5. The van der Waals surface area contributed by atoms with E-state index < -0.39 is 72.0 Å². The van der Waals surface area contributed by atoms with Crippen molar-refractivity contribution in [1.82, 2.24) is 0 Å². The third kappa shape index (κ3) is 6.55. The molecule has 2 aromatic carbocycles. The number of amides is 2. The number of imide groups is 1. The van der Waals surface area contributed by atoms with Gasteiger partial charge in [0.25, 0.3) is 0 Å². The minimum absolute atomic E-state index is 0.0455. The number of fused-ring (bicyclic) bond motifs is 3. The molecule has 240 valence electrons. The lowest BCUT2D eigenvalue weighted by Crippen LogP contribution is -2.46. The van der Waals surface area contributed by atoms with Crippen LogP contribution in [0.4, 0.5) is 32.0 Å². The van der Waals surface area contributed by atoms with Crippen LogP contribution in [0.25, 0.3) is 6.08 Å². The van der Waals surface area contributed by atoms with Gasteiger partial charge in [-0.3, -0.25) is 9.59 Å². The lowest BCUT2D eigenvalue weighted by Gasteiger charge is -2.43. The Kier molecular flexibility index (Phi) is 8.98. The zero-order valence-corrected chi connectivity index (χ0v) is 24.6. The number of anilines is 1. The highest BCUT2D eigenvalue weighted by molar-refractivity contribution is 6.43. The van der Waals surface area contributed by atoms with E-state index in [2.05, 4.69) is 0 Å². The molecule has 2 fully saturated rings. The summed E-state index contributed by atoms with van der Waals surface area (Å²) in [5, 5.41) is 20.8. The van der Waals surface area contributed by atoms with Gasteiger partial charge in [-0.1, -0.05) is 48.8 Å². The molecule has 0 unspecified atom stereocenters. The van der Waals surface area contributed by atoms with E-state index >= 15 is 0 Å². The molecule has 3 aliphatic rings. The molecule has 5 rings (SSSR count). The first-order valence-electron chi connectivity index (χ1n) is 14.8. The molecule has 0 aromatic heterocycles. The molecule has 45 heavy (non-hydrogen) atoms. The van der Waals surface area contributed by atoms with Crippen molar-refractivity contribution in [2.75, 3.05) is 4.90 Å². The number of phenolic OH excluding ortho intramolecular Hbond substituents is 1. The number of carbonyl (C=O) groups is 2. The van der Waals surface area contributed by atoms with Gasteiger partial charge in [0.2, 0.25) is 11.8 Å². The second kappa shape index (κ2) is 12.3. The van der Waals surface area contributed by atoms with Crippen LogP contribution in [0.5, 0.6) is 5.75 Å². The number of rotatable bonds is 7. The van der Waals surface area contributed by atoms with Crippen LogP contribution in [0.15, 0.2) is 59.2 Å². The molecule has 2 aromatic rings. The Labute approximate surface area is 256 Å². The summed E-state index contributed by atoms with van der Waals surface area (Å²) in [4.78, 5) is 28.0. The van der Waals surface area contributed by atoms with Crippen LogP contribution in [0, 0.1) is 17.8 Å². The molecule has 0 radical (unpaired) electrons. The van der Waals surface area contributed by atoms with E-state index in [1.54, 1.807) is 24.3 Å². The molecule has 2 aliphatic heterocycles. The average Bonchev–Trinajstić information content (AvgIpc) is 3.21. The Hall–Kier alpha value is -3.58.